The lowest BCUT2D eigenvalue weighted by atomic mass is 10.3. The lowest BCUT2D eigenvalue weighted by molar-refractivity contribution is 0.628. The normalized spacial score (nSPS) is 10.1. The Kier molecular flexibility index (Phi) is 3.07. The van der Waals surface area contributed by atoms with Crippen LogP contribution in [0.3, 0.4) is 0 Å². The first-order valence-electron chi connectivity index (χ1n) is 4.82. The molecule has 5 heteroatoms. The minimum Gasteiger partial charge on any atom is -0.340 e. The van der Waals surface area contributed by atoms with Gasteiger partial charge in [0.15, 0.2) is 0 Å². The Morgan fingerprint density at radius 1 is 1.31 bits per heavy atom. The topological polar surface area (TPSA) is 63.8 Å². The first-order valence-corrected chi connectivity index (χ1v) is 4.82. The number of hydrogen-bond donors (Lipinski definition) is 2. The molecule has 0 fully saturated rings. The van der Waals surface area contributed by atoms with Gasteiger partial charge in [-0.3, -0.25) is 0 Å². The molecule has 82 valence electrons. The highest BCUT2D eigenvalue weighted by Crippen LogP contribution is 2.14. The summed E-state index contributed by atoms with van der Waals surface area (Å²) in [4.78, 5) is 8.11. The fourth-order valence-corrected chi connectivity index (χ4v) is 1.28. The molecule has 0 saturated carbocycles. The fraction of sp³-hybridized carbons (Fsp3) is 0.0909. The second-order valence-electron chi connectivity index (χ2n) is 3.20. The Morgan fingerprint density at radius 3 is 2.94 bits per heavy atom. The molecule has 2 rings (SSSR count). The highest BCUT2D eigenvalue weighted by molar-refractivity contribution is 5.55. The van der Waals surface area contributed by atoms with Gasteiger partial charge in [0, 0.05) is 11.9 Å². The van der Waals surface area contributed by atoms with Gasteiger partial charge in [0.2, 0.25) is 0 Å². The number of benzene rings is 1. The van der Waals surface area contributed by atoms with Gasteiger partial charge < -0.3 is 11.1 Å². The van der Waals surface area contributed by atoms with Crippen LogP contribution in [-0.2, 0) is 6.54 Å². The van der Waals surface area contributed by atoms with E-state index in [1.165, 1.54) is 12.1 Å². The largest absolute Gasteiger partial charge is 0.340 e. The van der Waals surface area contributed by atoms with E-state index in [4.69, 9.17) is 5.73 Å². The highest BCUT2D eigenvalue weighted by Gasteiger charge is 1.99. The van der Waals surface area contributed by atoms with Crippen LogP contribution in [0, 0.1) is 5.82 Å². The van der Waals surface area contributed by atoms with Crippen molar-refractivity contribution in [2.24, 2.45) is 5.73 Å². The van der Waals surface area contributed by atoms with Gasteiger partial charge in [-0.25, -0.2) is 14.4 Å². The quantitative estimate of drug-likeness (QED) is 0.824. The van der Waals surface area contributed by atoms with E-state index in [1.807, 2.05) is 0 Å². The number of nitrogens with one attached hydrogen (secondary N) is 1. The van der Waals surface area contributed by atoms with Gasteiger partial charge in [0.05, 0.1) is 6.54 Å². The average Bonchev–Trinajstić information content (AvgIpc) is 2.29. The molecule has 4 nitrogen and oxygen atoms in total. The van der Waals surface area contributed by atoms with Gasteiger partial charge in [0.25, 0.3) is 0 Å². The summed E-state index contributed by atoms with van der Waals surface area (Å²) in [6.07, 6.45) is 1.61. The molecular weight excluding hydrogens is 207 g/mol. The van der Waals surface area contributed by atoms with Crippen molar-refractivity contribution in [2.75, 3.05) is 5.32 Å². The summed E-state index contributed by atoms with van der Waals surface area (Å²) in [5, 5.41) is 2.97. The number of rotatable bonds is 3. The first kappa shape index (κ1) is 10.5. The summed E-state index contributed by atoms with van der Waals surface area (Å²) < 4.78 is 12.9. The second-order valence-corrected chi connectivity index (χ2v) is 3.20. The van der Waals surface area contributed by atoms with Crippen molar-refractivity contribution in [3.63, 3.8) is 0 Å². The summed E-state index contributed by atoms with van der Waals surface area (Å²) in [6.45, 7) is 0.276. The first-order chi connectivity index (χ1) is 7.78. The van der Waals surface area contributed by atoms with Crippen LogP contribution in [0.15, 0.2) is 36.5 Å². The Bertz CT molecular complexity index is 487. The number of aromatic nitrogens is 2. The molecule has 1 heterocycles. The van der Waals surface area contributed by atoms with Crippen molar-refractivity contribution in [1.82, 2.24) is 9.97 Å². The van der Waals surface area contributed by atoms with Crippen LogP contribution in [0.2, 0.25) is 0 Å². The number of anilines is 2. The Balaban J connectivity index is 2.20. The van der Waals surface area contributed by atoms with Crippen molar-refractivity contribution in [3.05, 3.63) is 48.2 Å². The maximum Gasteiger partial charge on any atom is 0.144 e. The van der Waals surface area contributed by atoms with Crippen LogP contribution < -0.4 is 11.1 Å². The maximum absolute atomic E-state index is 12.9. The van der Waals surface area contributed by atoms with Crippen molar-refractivity contribution < 1.29 is 4.39 Å². The summed E-state index contributed by atoms with van der Waals surface area (Å²) in [5.41, 5.74) is 6.06. The minimum absolute atomic E-state index is 0.276. The van der Waals surface area contributed by atoms with Gasteiger partial charge in [-0.05, 0) is 24.3 Å². The van der Waals surface area contributed by atoms with E-state index in [1.54, 1.807) is 24.4 Å². The molecular formula is C11H11FN4. The van der Waals surface area contributed by atoms with E-state index in [-0.39, 0.29) is 12.4 Å². The Hall–Kier alpha value is -2.01. The van der Waals surface area contributed by atoms with E-state index in [9.17, 15) is 4.39 Å². The lowest BCUT2D eigenvalue weighted by Crippen LogP contribution is -2.04. The smallest absolute Gasteiger partial charge is 0.144 e. The molecule has 0 aliphatic rings. The maximum atomic E-state index is 12.9. The van der Waals surface area contributed by atoms with E-state index in [0.29, 0.717) is 17.3 Å². The monoisotopic (exact) mass is 218 g/mol. The van der Waals surface area contributed by atoms with E-state index in [2.05, 4.69) is 15.3 Å². The van der Waals surface area contributed by atoms with Crippen LogP contribution in [0.4, 0.5) is 15.9 Å². The van der Waals surface area contributed by atoms with Crippen molar-refractivity contribution >= 4 is 11.5 Å². The number of nitrogens with zero attached hydrogens (tertiary/aromatic N) is 2. The molecule has 0 atom stereocenters. The summed E-state index contributed by atoms with van der Waals surface area (Å²) in [5.74, 6) is 0.848. The van der Waals surface area contributed by atoms with Crippen LogP contribution in [0.1, 0.15) is 5.82 Å². The van der Waals surface area contributed by atoms with Gasteiger partial charge >= 0.3 is 0 Å². The molecule has 2 aromatic rings. The number of hydrogen-bond acceptors (Lipinski definition) is 4. The van der Waals surface area contributed by atoms with Crippen molar-refractivity contribution in [3.8, 4) is 0 Å². The standard InChI is InChI=1S/C11H11FN4/c12-8-2-1-3-9(6-8)15-10-4-5-14-11(7-13)16-10/h1-6H,7,13H2,(H,14,15,16). The number of nitrogens with two attached hydrogens (primary N) is 1. The molecule has 3 N–H and O–H groups in total. The molecule has 1 aromatic carbocycles. The van der Waals surface area contributed by atoms with Gasteiger partial charge in [-0.2, -0.15) is 0 Å². The molecule has 0 saturated heterocycles. The Morgan fingerprint density at radius 2 is 2.19 bits per heavy atom. The average molecular weight is 218 g/mol. The van der Waals surface area contributed by atoms with Crippen LogP contribution in [0.5, 0.6) is 0 Å². The van der Waals surface area contributed by atoms with Gasteiger partial charge in [-0.15, -0.1) is 0 Å². The lowest BCUT2D eigenvalue weighted by Gasteiger charge is -2.05. The van der Waals surface area contributed by atoms with Crippen LogP contribution in [0.25, 0.3) is 0 Å². The fourth-order valence-electron chi connectivity index (χ4n) is 1.28. The third-order valence-electron chi connectivity index (χ3n) is 1.99. The molecule has 0 bridgehead atoms. The summed E-state index contributed by atoms with van der Waals surface area (Å²) in [6, 6.07) is 7.86. The van der Waals surface area contributed by atoms with E-state index in [0.717, 1.165) is 0 Å². The van der Waals surface area contributed by atoms with Crippen molar-refractivity contribution in [1.29, 1.82) is 0 Å². The molecule has 0 aliphatic carbocycles. The number of halogens is 1. The minimum atomic E-state index is -0.293. The third kappa shape index (κ3) is 2.52. The van der Waals surface area contributed by atoms with Gasteiger partial charge in [-0.1, -0.05) is 6.07 Å². The molecule has 16 heavy (non-hydrogen) atoms. The predicted molar refractivity (Wildman–Crippen MR) is 59.6 cm³/mol. The molecule has 0 aliphatic heterocycles. The zero-order chi connectivity index (χ0) is 11.4. The Labute approximate surface area is 92.3 Å². The molecule has 1 aromatic heterocycles. The van der Waals surface area contributed by atoms with Crippen LogP contribution in [-0.4, -0.2) is 9.97 Å². The molecule has 0 spiro atoms. The summed E-state index contributed by atoms with van der Waals surface area (Å²) in [7, 11) is 0. The molecule has 0 amide bonds. The predicted octanol–water partition coefficient (Wildman–Crippen LogP) is 1.82. The van der Waals surface area contributed by atoms with Crippen molar-refractivity contribution in [2.45, 2.75) is 6.54 Å². The van der Waals surface area contributed by atoms with E-state index >= 15 is 0 Å². The molecule has 0 unspecified atom stereocenters. The zero-order valence-electron chi connectivity index (χ0n) is 8.52. The SMILES string of the molecule is NCc1nccc(Nc2cccc(F)c2)n1. The third-order valence-corrected chi connectivity index (χ3v) is 1.99. The molecule has 0 radical (unpaired) electrons. The van der Waals surface area contributed by atoms with E-state index < -0.39 is 0 Å². The van der Waals surface area contributed by atoms with Gasteiger partial charge in [0.1, 0.15) is 17.5 Å². The second kappa shape index (κ2) is 4.67. The highest BCUT2D eigenvalue weighted by atomic mass is 19.1. The summed E-state index contributed by atoms with van der Waals surface area (Å²) >= 11 is 0. The van der Waals surface area contributed by atoms with Crippen LogP contribution >= 0.6 is 0 Å². The zero-order valence-corrected chi connectivity index (χ0v) is 8.52.